The highest BCUT2D eigenvalue weighted by atomic mass is 16.5. The minimum Gasteiger partial charge on any atom is -0.497 e. The molecule has 1 N–H and O–H groups in total. The number of methoxy groups -OCH3 is 2. The van der Waals surface area contributed by atoms with Crippen molar-refractivity contribution in [2.75, 3.05) is 47.5 Å². The molecule has 10 heteroatoms. The van der Waals surface area contributed by atoms with Gasteiger partial charge in [0.1, 0.15) is 18.0 Å². The van der Waals surface area contributed by atoms with Crippen molar-refractivity contribution in [1.29, 1.82) is 0 Å². The highest BCUT2D eigenvalue weighted by molar-refractivity contribution is 5.92. The molecule has 0 spiro atoms. The van der Waals surface area contributed by atoms with Gasteiger partial charge in [0.05, 0.1) is 26.8 Å². The highest BCUT2D eigenvalue weighted by Gasteiger charge is 2.51. The van der Waals surface area contributed by atoms with E-state index in [4.69, 9.17) is 9.47 Å². The van der Waals surface area contributed by atoms with Crippen molar-refractivity contribution in [3.8, 4) is 5.75 Å². The summed E-state index contributed by atoms with van der Waals surface area (Å²) in [6.45, 7) is 1.20. The van der Waals surface area contributed by atoms with E-state index in [1.165, 1.54) is 5.01 Å². The molecular weight excluding hydrogens is 450 g/mol. The molecule has 2 fully saturated rings. The summed E-state index contributed by atoms with van der Waals surface area (Å²) >= 11 is 0. The zero-order valence-electron chi connectivity index (χ0n) is 20.2. The van der Waals surface area contributed by atoms with Crippen molar-refractivity contribution in [1.82, 2.24) is 25.1 Å². The fourth-order valence-electron chi connectivity index (χ4n) is 4.56. The summed E-state index contributed by atoms with van der Waals surface area (Å²) in [5.74, 6) is 0.353. The number of fused-ring (bicyclic) bond motifs is 1. The topological polar surface area (TPSA) is 94.7 Å². The first-order chi connectivity index (χ1) is 16.9. The maximum atomic E-state index is 13.5. The smallest absolute Gasteiger partial charge is 0.334 e. The molecular formula is C25H31N5O5. The maximum absolute atomic E-state index is 13.5. The van der Waals surface area contributed by atoms with E-state index in [0.717, 1.165) is 11.3 Å². The summed E-state index contributed by atoms with van der Waals surface area (Å²) in [6.07, 6.45) is -0.656. The van der Waals surface area contributed by atoms with Crippen LogP contribution in [-0.4, -0.2) is 91.3 Å². The minimum absolute atomic E-state index is 0.0128. The quantitative estimate of drug-likeness (QED) is 0.644. The van der Waals surface area contributed by atoms with Crippen LogP contribution in [0.1, 0.15) is 17.2 Å². The third-order valence-electron chi connectivity index (χ3n) is 6.32. The van der Waals surface area contributed by atoms with Crippen LogP contribution in [0, 0.1) is 0 Å². The van der Waals surface area contributed by atoms with Gasteiger partial charge < -0.3 is 24.6 Å². The molecule has 2 aliphatic rings. The third-order valence-corrected chi connectivity index (χ3v) is 6.32. The number of hydrogen-bond donors (Lipinski definition) is 1. The fraction of sp³-hybridized carbons (Fsp3) is 0.400. The highest BCUT2D eigenvalue weighted by Crippen LogP contribution is 2.34. The molecule has 2 saturated heterocycles. The largest absolute Gasteiger partial charge is 0.497 e. The van der Waals surface area contributed by atoms with Crippen molar-refractivity contribution in [3.05, 3.63) is 65.7 Å². The van der Waals surface area contributed by atoms with Gasteiger partial charge in [0.25, 0.3) is 0 Å². The predicted molar refractivity (Wildman–Crippen MR) is 128 cm³/mol. The number of piperazine rings is 1. The molecule has 0 bridgehead atoms. The Hall–Kier alpha value is -3.63. The lowest BCUT2D eigenvalue weighted by Crippen LogP contribution is -2.73. The Labute approximate surface area is 204 Å². The van der Waals surface area contributed by atoms with Crippen molar-refractivity contribution in [2.24, 2.45) is 0 Å². The summed E-state index contributed by atoms with van der Waals surface area (Å²) in [5, 5.41) is 6.09. The number of rotatable bonds is 7. The summed E-state index contributed by atoms with van der Waals surface area (Å²) in [7, 11) is 4.88. The van der Waals surface area contributed by atoms with E-state index in [0.29, 0.717) is 25.3 Å². The van der Waals surface area contributed by atoms with Gasteiger partial charge in [0, 0.05) is 27.2 Å². The number of urea groups is 1. The van der Waals surface area contributed by atoms with Crippen molar-refractivity contribution in [3.63, 3.8) is 0 Å². The third kappa shape index (κ3) is 5.08. The zero-order chi connectivity index (χ0) is 24.9. The van der Waals surface area contributed by atoms with Crippen LogP contribution in [0.15, 0.2) is 54.6 Å². The second kappa shape index (κ2) is 10.7. The van der Waals surface area contributed by atoms with Gasteiger partial charge >= 0.3 is 6.03 Å². The number of hydrogen-bond acceptors (Lipinski definition) is 6. The van der Waals surface area contributed by atoms with E-state index >= 15 is 0 Å². The molecule has 2 unspecified atom stereocenters. The van der Waals surface area contributed by atoms with E-state index in [2.05, 4.69) is 5.32 Å². The first-order valence-corrected chi connectivity index (χ1v) is 11.5. The molecule has 10 nitrogen and oxygen atoms in total. The van der Waals surface area contributed by atoms with Crippen LogP contribution in [0.5, 0.6) is 5.75 Å². The second-order valence-corrected chi connectivity index (χ2v) is 8.54. The number of benzene rings is 2. The number of carbonyl (C=O) groups excluding carboxylic acids is 3. The Morgan fingerprint density at radius 3 is 2.43 bits per heavy atom. The standard InChI is InChI=1S/C25H31N5O5/c1-27-17-22(31)29-21(30(27)25(33)26-15-18-9-11-20(35-3)12-10-18)16-28(13-14-34-2)24(32)23(29)19-7-5-4-6-8-19/h4-12,21,23H,13-17H2,1-3H3,(H,26,33). The molecule has 0 saturated carbocycles. The first-order valence-electron chi connectivity index (χ1n) is 11.5. The summed E-state index contributed by atoms with van der Waals surface area (Å²) in [5.41, 5.74) is 1.62. The van der Waals surface area contributed by atoms with Crippen LogP contribution < -0.4 is 10.1 Å². The molecule has 0 aromatic heterocycles. The van der Waals surface area contributed by atoms with Crippen LogP contribution in [0.25, 0.3) is 0 Å². The van der Waals surface area contributed by atoms with Gasteiger partial charge in [-0.15, -0.1) is 0 Å². The van der Waals surface area contributed by atoms with E-state index in [1.54, 1.807) is 36.1 Å². The Morgan fingerprint density at radius 2 is 1.77 bits per heavy atom. The molecule has 186 valence electrons. The van der Waals surface area contributed by atoms with Gasteiger partial charge in [0.15, 0.2) is 0 Å². The van der Waals surface area contributed by atoms with E-state index in [1.807, 2.05) is 54.6 Å². The van der Waals surface area contributed by atoms with Crippen LogP contribution in [0.4, 0.5) is 4.79 Å². The van der Waals surface area contributed by atoms with Gasteiger partial charge in [-0.1, -0.05) is 42.5 Å². The van der Waals surface area contributed by atoms with Gasteiger partial charge in [0.2, 0.25) is 11.8 Å². The number of likely N-dealkylation sites (N-methyl/N-ethyl adjacent to an activating group) is 1. The number of carbonyl (C=O) groups is 3. The lowest BCUT2D eigenvalue weighted by molar-refractivity contribution is -0.188. The number of amides is 4. The minimum atomic E-state index is -0.815. The molecule has 2 aromatic rings. The number of nitrogens with one attached hydrogen (secondary N) is 1. The fourth-order valence-corrected chi connectivity index (χ4v) is 4.56. The molecule has 35 heavy (non-hydrogen) atoms. The van der Waals surface area contributed by atoms with Crippen LogP contribution >= 0.6 is 0 Å². The van der Waals surface area contributed by atoms with Gasteiger partial charge in [-0.2, -0.15) is 0 Å². The molecule has 0 aliphatic carbocycles. The lowest BCUT2D eigenvalue weighted by atomic mass is 9.99. The Morgan fingerprint density at radius 1 is 1.06 bits per heavy atom. The van der Waals surface area contributed by atoms with Crippen LogP contribution in [0.2, 0.25) is 0 Å². The number of hydrazine groups is 1. The number of nitrogens with zero attached hydrogens (tertiary/aromatic N) is 4. The van der Waals surface area contributed by atoms with Crippen LogP contribution in [0.3, 0.4) is 0 Å². The molecule has 2 aliphatic heterocycles. The summed E-state index contributed by atoms with van der Waals surface area (Å²) < 4.78 is 10.4. The molecule has 0 radical (unpaired) electrons. The van der Waals surface area contributed by atoms with Crippen LogP contribution in [-0.2, 0) is 20.9 Å². The maximum Gasteiger partial charge on any atom is 0.334 e. The normalized spacial score (nSPS) is 20.6. The van der Waals surface area contributed by atoms with Crippen molar-refractivity contribution < 1.29 is 23.9 Å². The van der Waals surface area contributed by atoms with Crippen molar-refractivity contribution in [2.45, 2.75) is 18.8 Å². The van der Waals surface area contributed by atoms with E-state index < -0.39 is 12.2 Å². The number of ether oxygens (including phenoxy) is 2. The lowest BCUT2D eigenvalue weighted by Gasteiger charge is -2.54. The Balaban J connectivity index is 1.60. The molecule has 2 atom stereocenters. The zero-order valence-corrected chi connectivity index (χ0v) is 20.2. The SMILES string of the molecule is COCCN1CC2N(C(=O)CN(C)N2C(=O)NCc2ccc(OC)cc2)C(c2ccccc2)C1=O. The van der Waals surface area contributed by atoms with Gasteiger partial charge in [-0.05, 0) is 23.3 Å². The van der Waals surface area contributed by atoms with Gasteiger partial charge in [-0.25, -0.2) is 14.8 Å². The Bertz CT molecular complexity index is 1050. The first kappa shape index (κ1) is 24.5. The van der Waals surface area contributed by atoms with E-state index in [-0.39, 0.29) is 30.9 Å². The average Bonchev–Trinajstić information content (AvgIpc) is 2.87. The molecule has 2 heterocycles. The molecule has 4 rings (SSSR count). The predicted octanol–water partition coefficient (Wildman–Crippen LogP) is 1.45. The summed E-state index contributed by atoms with van der Waals surface area (Å²) in [4.78, 5) is 43.3. The second-order valence-electron chi connectivity index (χ2n) is 8.54. The molecule has 2 aromatic carbocycles. The Kier molecular flexibility index (Phi) is 7.52. The monoisotopic (exact) mass is 481 g/mol. The van der Waals surface area contributed by atoms with Crippen molar-refractivity contribution >= 4 is 17.8 Å². The van der Waals surface area contributed by atoms with E-state index in [9.17, 15) is 14.4 Å². The molecule has 4 amide bonds. The average molecular weight is 482 g/mol. The summed E-state index contributed by atoms with van der Waals surface area (Å²) in [6, 6.07) is 15.5. The van der Waals surface area contributed by atoms with Gasteiger partial charge in [-0.3, -0.25) is 9.59 Å².